The van der Waals surface area contributed by atoms with Crippen molar-refractivity contribution in [2.75, 3.05) is 6.61 Å². The number of carbonyl (C=O) groups is 1. The number of aryl methyl sites for hydroxylation is 1. The van der Waals surface area contributed by atoms with Gasteiger partial charge in [-0.1, -0.05) is 12.1 Å². The predicted molar refractivity (Wildman–Crippen MR) is 118 cm³/mol. The largest absolute Gasteiger partial charge is 0.484 e. The fourth-order valence-corrected chi connectivity index (χ4v) is 4.13. The zero-order valence-corrected chi connectivity index (χ0v) is 17.6. The third-order valence-electron chi connectivity index (χ3n) is 5.77. The van der Waals surface area contributed by atoms with Crippen LogP contribution in [-0.4, -0.2) is 27.3 Å². The third kappa shape index (κ3) is 3.87. The fourth-order valence-electron chi connectivity index (χ4n) is 4.13. The molecule has 162 valence electrons. The Bertz CT molecular complexity index is 1330. The molecule has 1 aliphatic carbocycles. The summed E-state index contributed by atoms with van der Waals surface area (Å²) < 4.78 is 12.8. The number of nitrogens with one attached hydrogen (secondary N) is 1. The number of rotatable bonds is 6. The SMILES string of the molecule is C[C@@H](NC(=O)COc1ccc2c3c(c(=O)oc2c1)CCC3)c1ccc(-n2cncn2)cc1. The van der Waals surface area contributed by atoms with Crippen LogP contribution in [-0.2, 0) is 17.6 Å². The van der Waals surface area contributed by atoms with E-state index >= 15 is 0 Å². The highest BCUT2D eigenvalue weighted by atomic mass is 16.5. The molecule has 1 amide bonds. The first-order chi connectivity index (χ1) is 15.6. The average Bonchev–Trinajstić information content (AvgIpc) is 3.50. The summed E-state index contributed by atoms with van der Waals surface area (Å²) in [4.78, 5) is 28.5. The van der Waals surface area contributed by atoms with Crippen LogP contribution in [0, 0.1) is 0 Å². The molecule has 1 aliphatic rings. The van der Waals surface area contributed by atoms with Crippen LogP contribution in [0.25, 0.3) is 16.7 Å². The molecule has 2 heterocycles. The number of nitrogens with zero attached hydrogens (tertiary/aromatic N) is 3. The lowest BCUT2D eigenvalue weighted by Gasteiger charge is -2.15. The summed E-state index contributed by atoms with van der Waals surface area (Å²) in [6.07, 6.45) is 5.74. The molecule has 1 atom stereocenters. The summed E-state index contributed by atoms with van der Waals surface area (Å²) in [6.45, 7) is 1.77. The van der Waals surface area contributed by atoms with Gasteiger partial charge in [-0.05, 0) is 61.6 Å². The number of ether oxygens (including phenoxy) is 1. The van der Waals surface area contributed by atoms with Gasteiger partial charge >= 0.3 is 5.63 Å². The molecule has 0 unspecified atom stereocenters. The second kappa shape index (κ2) is 8.30. The Morgan fingerprint density at radius 2 is 2.00 bits per heavy atom. The first-order valence-electron chi connectivity index (χ1n) is 10.5. The maximum Gasteiger partial charge on any atom is 0.339 e. The van der Waals surface area contributed by atoms with Crippen molar-refractivity contribution < 1.29 is 13.9 Å². The van der Waals surface area contributed by atoms with Crippen LogP contribution in [0.4, 0.5) is 0 Å². The van der Waals surface area contributed by atoms with E-state index in [1.165, 1.54) is 6.33 Å². The van der Waals surface area contributed by atoms with Crippen molar-refractivity contribution in [2.24, 2.45) is 0 Å². The number of carbonyl (C=O) groups excluding carboxylic acids is 1. The molecular weight excluding hydrogens is 408 g/mol. The zero-order chi connectivity index (χ0) is 22.1. The summed E-state index contributed by atoms with van der Waals surface area (Å²) >= 11 is 0. The number of hydrogen-bond acceptors (Lipinski definition) is 6. The maximum atomic E-state index is 12.4. The van der Waals surface area contributed by atoms with Crippen LogP contribution >= 0.6 is 0 Å². The molecule has 0 aliphatic heterocycles. The molecule has 2 aromatic heterocycles. The Kier molecular flexibility index (Phi) is 5.18. The molecular formula is C24H22N4O4. The minimum absolute atomic E-state index is 0.137. The number of aromatic nitrogens is 3. The van der Waals surface area contributed by atoms with E-state index in [0.29, 0.717) is 11.3 Å². The lowest BCUT2D eigenvalue weighted by molar-refractivity contribution is -0.123. The van der Waals surface area contributed by atoms with Crippen LogP contribution in [0.1, 0.15) is 36.1 Å². The number of benzene rings is 2. The van der Waals surface area contributed by atoms with E-state index < -0.39 is 0 Å². The highest BCUT2D eigenvalue weighted by molar-refractivity contribution is 5.83. The van der Waals surface area contributed by atoms with Crippen molar-refractivity contribution >= 4 is 16.9 Å². The molecule has 0 spiro atoms. The Morgan fingerprint density at radius 3 is 2.78 bits per heavy atom. The van der Waals surface area contributed by atoms with Crippen molar-refractivity contribution in [3.05, 3.63) is 82.2 Å². The summed E-state index contributed by atoms with van der Waals surface area (Å²) in [5.74, 6) is 0.243. The van der Waals surface area contributed by atoms with Crippen molar-refractivity contribution in [1.82, 2.24) is 20.1 Å². The van der Waals surface area contributed by atoms with Crippen LogP contribution in [0.15, 0.2) is 64.3 Å². The van der Waals surface area contributed by atoms with E-state index in [-0.39, 0.29) is 24.2 Å². The monoisotopic (exact) mass is 430 g/mol. The summed E-state index contributed by atoms with van der Waals surface area (Å²) in [5, 5.41) is 7.97. The van der Waals surface area contributed by atoms with Crippen LogP contribution < -0.4 is 15.7 Å². The van der Waals surface area contributed by atoms with Crippen LogP contribution in [0.3, 0.4) is 0 Å². The zero-order valence-electron chi connectivity index (χ0n) is 17.6. The molecule has 0 radical (unpaired) electrons. The molecule has 2 aromatic carbocycles. The minimum Gasteiger partial charge on any atom is -0.484 e. The van der Waals surface area contributed by atoms with Gasteiger partial charge in [0, 0.05) is 17.0 Å². The lowest BCUT2D eigenvalue weighted by atomic mass is 10.1. The van der Waals surface area contributed by atoms with E-state index in [4.69, 9.17) is 9.15 Å². The number of hydrogen-bond donors (Lipinski definition) is 1. The van der Waals surface area contributed by atoms with E-state index in [0.717, 1.165) is 47.0 Å². The topological polar surface area (TPSA) is 99.2 Å². The van der Waals surface area contributed by atoms with Gasteiger partial charge in [0.2, 0.25) is 0 Å². The Morgan fingerprint density at radius 1 is 1.19 bits per heavy atom. The molecule has 0 saturated heterocycles. The highest BCUT2D eigenvalue weighted by Crippen LogP contribution is 2.29. The Hall–Kier alpha value is -3.94. The van der Waals surface area contributed by atoms with Gasteiger partial charge in [0.1, 0.15) is 24.0 Å². The van der Waals surface area contributed by atoms with Crippen LogP contribution in [0.5, 0.6) is 5.75 Å². The maximum absolute atomic E-state index is 12.4. The second-order valence-electron chi connectivity index (χ2n) is 7.87. The van der Waals surface area contributed by atoms with Crippen molar-refractivity contribution in [2.45, 2.75) is 32.2 Å². The molecule has 5 rings (SSSR count). The molecule has 0 bridgehead atoms. The molecule has 1 N–H and O–H groups in total. The summed E-state index contributed by atoms with van der Waals surface area (Å²) in [7, 11) is 0. The predicted octanol–water partition coefficient (Wildman–Crippen LogP) is 3.12. The van der Waals surface area contributed by atoms with Gasteiger partial charge in [0.25, 0.3) is 5.91 Å². The Balaban J connectivity index is 1.21. The van der Waals surface area contributed by atoms with Crippen molar-refractivity contribution in [3.8, 4) is 11.4 Å². The number of fused-ring (bicyclic) bond motifs is 3. The van der Waals surface area contributed by atoms with E-state index in [1.54, 1.807) is 23.1 Å². The minimum atomic E-state index is -0.274. The lowest BCUT2D eigenvalue weighted by Crippen LogP contribution is -2.31. The third-order valence-corrected chi connectivity index (χ3v) is 5.77. The van der Waals surface area contributed by atoms with E-state index in [2.05, 4.69) is 15.4 Å². The molecule has 0 saturated carbocycles. The molecule has 0 fully saturated rings. The van der Waals surface area contributed by atoms with Crippen molar-refractivity contribution in [3.63, 3.8) is 0 Å². The standard InChI is InChI=1S/C24H22N4O4/c1-15(16-5-7-17(8-6-16)28-14-25-13-26-28)27-23(29)12-31-18-9-10-20-19-3-2-4-21(19)24(30)32-22(20)11-18/h5-11,13-15H,2-4,12H2,1H3,(H,27,29)/t15-/m1/s1. The Labute approximate surface area is 183 Å². The highest BCUT2D eigenvalue weighted by Gasteiger charge is 2.20. The van der Waals surface area contributed by atoms with Gasteiger partial charge in [0.15, 0.2) is 6.61 Å². The van der Waals surface area contributed by atoms with Gasteiger partial charge < -0.3 is 14.5 Å². The molecule has 8 heteroatoms. The van der Waals surface area contributed by atoms with Gasteiger partial charge in [-0.3, -0.25) is 4.79 Å². The normalized spacial score (nSPS) is 13.7. The van der Waals surface area contributed by atoms with Crippen molar-refractivity contribution in [1.29, 1.82) is 0 Å². The summed E-state index contributed by atoms with van der Waals surface area (Å²) in [5.41, 5.74) is 3.93. The van der Waals surface area contributed by atoms with Gasteiger partial charge in [-0.15, -0.1) is 0 Å². The van der Waals surface area contributed by atoms with Gasteiger partial charge in [-0.2, -0.15) is 5.10 Å². The molecule has 32 heavy (non-hydrogen) atoms. The van der Waals surface area contributed by atoms with E-state index in [9.17, 15) is 9.59 Å². The quantitative estimate of drug-likeness (QED) is 0.472. The van der Waals surface area contributed by atoms with Crippen LogP contribution in [0.2, 0.25) is 0 Å². The molecule has 4 aromatic rings. The van der Waals surface area contributed by atoms with E-state index in [1.807, 2.05) is 37.3 Å². The van der Waals surface area contributed by atoms with Gasteiger partial charge in [-0.25, -0.2) is 14.5 Å². The summed E-state index contributed by atoms with van der Waals surface area (Å²) in [6, 6.07) is 12.9. The van der Waals surface area contributed by atoms with Gasteiger partial charge in [0.05, 0.1) is 11.7 Å². The first-order valence-corrected chi connectivity index (χ1v) is 10.5. The average molecular weight is 430 g/mol. The second-order valence-corrected chi connectivity index (χ2v) is 7.87. The number of amides is 1. The fraction of sp³-hybridized carbons (Fsp3) is 0.250. The molecule has 8 nitrogen and oxygen atoms in total. The smallest absolute Gasteiger partial charge is 0.339 e. The first kappa shape index (κ1) is 20.0.